The molecule has 0 fully saturated rings. The number of ether oxygens (including phenoxy) is 1. The van der Waals surface area contributed by atoms with Crippen LogP contribution in [-0.4, -0.2) is 5.97 Å². The molecule has 0 aromatic carbocycles. The van der Waals surface area contributed by atoms with Crippen molar-refractivity contribution in [1.29, 1.82) is 0 Å². The Morgan fingerprint density at radius 2 is 1.48 bits per heavy atom. The van der Waals surface area contributed by atoms with Gasteiger partial charge in [-0.15, -0.1) is 0 Å². The van der Waals surface area contributed by atoms with Gasteiger partial charge in [0, 0.05) is 11.6 Å². The van der Waals surface area contributed by atoms with E-state index in [9.17, 15) is 4.79 Å². The lowest BCUT2D eigenvalue weighted by atomic mass is 10.0. The van der Waals surface area contributed by atoms with E-state index in [4.69, 9.17) is 4.74 Å². The first kappa shape index (κ1) is 14.5. The van der Waals surface area contributed by atoms with E-state index in [0.717, 1.165) is 17.2 Å². The standard InChI is InChI=1S/C19H16O2/c1-2-19(20)21-18-15-11-7-6-10-14-17(18)16-12-8-4-3-5-9-13-16/h2-15H,1H2/b4-3-,5-3?,7-6-,8-4?,9-5-,10-6?,11-7?,12-8-,13-9?,14-10-,15-11-,16-12?,16-13+,17-14?,18-15?,18-17-. The van der Waals surface area contributed by atoms with Gasteiger partial charge in [0.15, 0.2) is 0 Å². The van der Waals surface area contributed by atoms with Crippen molar-refractivity contribution in [1.82, 2.24) is 0 Å². The molecule has 0 radical (unpaired) electrons. The number of hydrogen-bond donors (Lipinski definition) is 0. The molecule has 0 saturated heterocycles. The summed E-state index contributed by atoms with van der Waals surface area (Å²) in [4.78, 5) is 11.5. The third-order valence-electron chi connectivity index (χ3n) is 2.79. The molecule has 2 nitrogen and oxygen atoms in total. The van der Waals surface area contributed by atoms with Gasteiger partial charge < -0.3 is 4.74 Å². The fraction of sp³-hybridized carbons (Fsp3) is 0. The lowest BCUT2D eigenvalue weighted by molar-refractivity contribution is -0.133. The van der Waals surface area contributed by atoms with Crippen molar-refractivity contribution >= 4 is 5.97 Å². The van der Waals surface area contributed by atoms with Gasteiger partial charge in [-0.3, -0.25) is 0 Å². The Labute approximate surface area is 124 Å². The van der Waals surface area contributed by atoms with Crippen LogP contribution in [0.5, 0.6) is 0 Å². The average molecular weight is 276 g/mol. The van der Waals surface area contributed by atoms with Crippen LogP contribution in [0, 0.1) is 0 Å². The van der Waals surface area contributed by atoms with E-state index in [-0.39, 0.29) is 0 Å². The van der Waals surface area contributed by atoms with E-state index in [0.29, 0.717) is 5.76 Å². The molecule has 2 heteroatoms. The van der Waals surface area contributed by atoms with Gasteiger partial charge in [-0.25, -0.2) is 4.79 Å². The number of hydrogen-bond acceptors (Lipinski definition) is 2. The first-order valence-electron chi connectivity index (χ1n) is 6.63. The summed E-state index contributed by atoms with van der Waals surface area (Å²) < 4.78 is 5.35. The summed E-state index contributed by atoms with van der Waals surface area (Å²) in [6.45, 7) is 3.43. The van der Waals surface area contributed by atoms with Gasteiger partial charge in [0.1, 0.15) is 5.76 Å². The Bertz CT molecular complexity index is 660. The highest BCUT2D eigenvalue weighted by Crippen LogP contribution is 2.22. The molecule has 21 heavy (non-hydrogen) atoms. The molecule has 0 aromatic rings. The fourth-order valence-corrected chi connectivity index (χ4v) is 1.82. The molecule has 2 aliphatic carbocycles. The normalized spacial score (nSPS) is 31.9. The zero-order valence-electron chi connectivity index (χ0n) is 11.6. The molecule has 0 unspecified atom stereocenters. The van der Waals surface area contributed by atoms with Crippen molar-refractivity contribution < 1.29 is 9.53 Å². The van der Waals surface area contributed by atoms with Gasteiger partial charge in [0.2, 0.25) is 0 Å². The summed E-state index contributed by atoms with van der Waals surface area (Å²) in [5, 5.41) is 0. The van der Waals surface area contributed by atoms with E-state index in [1.54, 1.807) is 6.08 Å². The average Bonchev–Trinajstić information content (AvgIpc) is 2.43. The van der Waals surface area contributed by atoms with Gasteiger partial charge in [-0.05, 0) is 11.6 Å². The monoisotopic (exact) mass is 276 g/mol. The molecule has 0 heterocycles. The molecular weight excluding hydrogens is 260 g/mol. The number of allylic oxidation sites excluding steroid dienone is 15. The minimum absolute atomic E-state index is 0.476. The molecular formula is C19H16O2. The Balaban J connectivity index is 2.47. The largest absolute Gasteiger partial charge is 0.423 e. The molecule has 2 aliphatic rings. The van der Waals surface area contributed by atoms with Crippen molar-refractivity contribution in [2.45, 2.75) is 0 Å². The lowest BCUT2D eigenvalue weighted by Gasteiger charge is -2.11. The second-order valence-corrected chi connectivity index (χ2v) is 4.26. The third kappa shape index (κ3) is 4.32. The van der Waals surface area contributed by atoms with Crippen LogP contribution in [0.3, 0.4) is 0 Å². The van der Waals surface area contributed by atoms with Crippen LogP contribution in [0.15, 0.2) is 109 Å². The molecule has 0 N–H and O–H groups in total. The molecule has 0 saturated carbocycles. The topological polar surface area (TPSA) is 26.3 Å². The van der Waals surface area contributed by atoms with E-state index in [2.05, 4.69) is 6.58 Å². The molecule has 2 rings (SSSR count). The Morgan fingerprint density at radius 3 is 2.24 bits per heavy atom. The summed E-state index contributed by atoms with van der Waals surface area (Å²) in [6, 6.07) is 0. The van der Waals surface area contributed by atoms with Crippen molar-refractivity contribution in [2.24, 2.45) is 0 Å². The smallest absolute Gasteiger partial charge is 0.335 e. The van der Waals surface area contributed by atoms with E-state index in [1.165, 1.54) is 0 Å². The maximum absolute atomic E-state index is 11.5. The summed E-state index contributed by atoms with van der Waals surface area (Å²) in [7, 11) is 0. The van der Waals surface area contributed by atoms with Gasteiger partial charge in [0.25, 0.3) is 0 Å². The molecule has 0 aromatic heterocycles. The van der Waals surface area contributed by atoms with Crippen LogP contribution in [0.4, 0.5) is 0 Å². The molecule has 0 aliphatic heterocycles. The lowest BCUT2D eigenvalue weighted by Crippen LogP contribution is -2.02. The Hall–Kier alpha value is -2.87. The van der Waals surface area contributed by atoms with Crippen LogP contribution in [0.2, 0.25) is 0 Å². The summed E-state index contributed by atoms with van der Waals surface area (Å²) in [6.07, 6.45) is 26.1. The van der Waals surface area contributed by atoms with Gasteiger partial charge >= 0.3 is 5.97 Å². The highest BCUT2D eigenvalue weighted by atomic mass is 16.5. The summed E-state index contributed by atoms with van der Waals surface area (Å²) in [5.74, 6) is 0.0188. The number of esters is 1. The van der Waals surface area contributed by atoms with E-state index in [1.807, 2.05) is 72.9 Å². The highest BCUT2D eigenvalue weighted by Gasteiger charge is 2.10. The van der Waals surface area contributed by atoms with Crippen LogP contribution in [0.1, 0.15) is 0 Å². The van der Waals surface area contributed by atoms with Gasteiger partial charge in [-0.2, -0.15) is 0 Å². The minimum atomic E-state index is -0.476. The van der Waals surface area contributed by atoms with Crippen LogP contribution >= 0.6 is 0 Å². The maximum atomic E-state index is 11.5. The molecule has 0 amide bonds. The van der Waals surface area contributed by atoms with Crippen molar-refractivity contribution in [3.8, 4) is 0 Å². The Morgan fingerprint density at radius 1 is 0.857 bits per heavy atom. The van der Waals surface area contributed by atoms with Crippen molar-refractivity contribution in [3.05, 3.63) is 109 Å². The van der Waals surface area contributed by atoms with Gasteiger partial charge in [0.05, 0.1) is 0 Å². The molecule has 0 atom stereocenters. The Kier molecular flexibility index (Phi) is 5.30. The number of carbonyl (C=O) groups is 1. The first-order chi connectivity index (χ1) is 10.3. The zero-order valence-corrected chi connectivity index (χ0v) is 11.6. The van der Waals surface area contributed by atoms with Crippen LogP contribution < -0.4 is 0 Å². The van der Waals surface area contributed by atoms with E-state index < -0.39 is 5.97 Å². The summed E-state index contributed by atoms with van der Waals surface area (Å²) in [5.41, 5.74) is 1.79. The zero-order chi connectivity index (χ0) is 14.9. The SMILES string of the molecule is C=CC(=O)OC1=C(C2=C\C=C/C=C\C=C/2)/C=C\C=C/C=C\1. The predicted octanol–water partition coefficient (Wildman–Crippen LogP) is 4.26. The maximum Gasteiger partial charge on any atom is 0.335 e. The first-order valence-corrected chi connectivity index (χ1v) is 6.63. The molecule has 104 valence electrons. The summed E-state index contributed by atoms with van der Waals surface area (Å²) >= 11 is 0. The van der Waals surface area contributed by atoms with Crippen molar-refractivity contribution in [3.63, 3.8) is 0 Å². The van der Waals surface area contributed by atoms with Crippen LogP contribution in [0.25, 0.3) is 0 Å². The van der Waals surface area contributed by atoms with Crippen molar-refractivity contribution in [2.75, 3.05) is 0 Å². The minimum Gasteiger partial charge on any atom is -0.423 e. The van der Waals surface area contributed by atoms with E-state index >= 15 is 0 Å². The fourth-order valence-electron chi connectivity index (χ4n) is 1.82. The van der Waals surface area contributed by atoms with Crippen LogP contribution in [-0.2, 0) is 9.53 Å². The molecule has 0 bridgehead atoms. The third-order valence-corrected chi connectivity index (χ3v) is 2.79. The quantitative estimate of drug-likeness (QED) is 0.568. The second-order valence-electron chi connectivity index (χ2n) is 4.26. The number of carbonyl (C=O) groups excluding carboxylic acids is 1. The predicted molar refractivity (Wildman–Crippen MR) is 86.2 cm³/mol. The highest BCUT2D eigenvalue weighted by molar-refractivity contribution is 5.82. The number of rotatable bonds is 3. The second kappa shape index (κ2) is 7.65. The van der Waals surface area contributed by atoms with Gasteiger partial charge in [-0.1, -0.05) is 79.5 Å². The molecule has 0 spiro atoms.